The monoisotopic (exact) mass is 564 g/mol. The summed E-state index contributed by atoms with van der Waals surface area (Å²) in [6.45, 7) is 9.78. The minimum atomic E-state index is -0.390. The number of fused-ring (bicyclic) bond motifs is 3. The Morgan fingerprint density at radius 3 is 2.66 bits per heavy atom. The molecule has 1 aromatic heterocycles. The second-order valence-corrected chi connectivity index (χ2v) is 10.1. The zero-order chi connectivity index (χ0) is 28.8. The molecular weight excluding hydrogens is 528 g/mol. The maximum Gasteiger partial charge on any atom is 0.320 e. The van der Waals surface area contributed by atoms with E-state index in [0.29, 0.717) is 54.2 Å². The van der Waals surface area contributed by atoms with Crippen molar-refractivity contribution in [3.63, 3.8) is 0 Å². The minimum absolute atomic E-state index is 0.0120. The number of morpholine rings is 1. The van der Waals surface area contributed by atoms with Gasteiger partial charge in [-0.2, -0.15) is 0 Å². The highest BCUT2D eigenvalue weighted by Crippen LogP contribution is 2.43. The molecule has 0 saturated carbocycles. The van der Waals surface area contributed by atoms with Gasteiger partial charge in [-0.25, -0.2) is 14.8 Å². The first kappa shape index (κ1) is 28.3. The molecule has 1 saturated heterocycles. The molecule has 41 heavy (non-hydrogen) atoms. The quantitative estimate of drug-likeness (QED) is 0.394. The Morgan fingerprint density at radius 2 is 1.93 bits per heavy atom. The van der Waals surface area contributed by atoms with Gasteiger partial charge in [-0.3, -0.25) is 30.2 Å². The van der Waals surface area contributed by atoms with Gasteiger partial charge in [0.05, 0.1) is 39.0 Å². The third kappa shape index (κ3) is 6.74. The average molecular weight is 565 g/mol. The number of carbonyl (C=O) groups excluding carboxylic acids is 2. The third-order valence-electron chi connectivity index (χ3n) is 6.75. The van der Waals surface area contributed by atoms with Gasteiger partial charge in [-0.15, -0.1) is 0 Å². The number of pyridine rings is 1. The van der Waals surface area contributed by atoms with E-state index in [4.69, 9.17) is 19.2 Å². The molecule has 0 radical (unpaired) electrons. The Labute approximate surface area is 239 Å². The number of rotatable bonds is 9. The summed E-state index contributed by atoms with van der Waals surface area (Å²) in [6, 6.07) is 6.60. The van der Waals surface area contributed by atoms with Gasteiger partial charge in [0.2, 0.25) is 5.96 Å². The summed E-state index contributed by atoms with van der Waals surface area (Å²) in [7, 11) is 1.58. The highest BCUT2D eigenvalue weighted by atomic mass is 16.5. The second kappa shape index (κ2) is 13.0. The van der Waals surface area contributed by atoms with Crippen molar-refractivity contribution >= 4 is 35.2 Å². The molecule has 0 spiro atoms. The SMILES string of the molecule is COc1c(OCCCN2CCOCC2)ccc2c1N=C(NC(=O)c1ccc(NC(=O)NC(C)C)nc1)N1CCN=C21. The molecule has 4 heterocycles. The Balaban J connectivity index is 1.29. The van der Waals surface area contributed by atoms with Crippen LogP contribution in [0.25, 0.3) is 0 Å². The van der Waals surface area contributed by atoms with Gasteiger partial charge in [0.25, 0.3) is 5.91 Å². The van der Waals surface area contributed by atoms with Crippen molar-refractivity contribution in [2.24, 2.45) is 9.98 Å². The van der Waals surface area contributed by atoms with Crippen LogP contribution in [0.5, 0.6) is 11.5 Å². The first-order valence-corrected chi connectivity index (χ1v) is 13.8. The highest BCUT2D eigenvalue weighted by molar-refractivity contribution is 6.20. The molecule has 2 aromatic rings. The highest BCUT2D eigenvalue weighted by Gasteiger charge is 2.33. The smallest absolute Gasteiger partial charge is 0.320 e. The number of ether oxygens (including phenoxy) is 3. The van der Waals surface area contributed by atoms with Gasteiger partial charge in [0, 0.05) is 44.0 Å². The molecule has 1 fully saturated rings. The van der Waals surface area contributed by atoms with Gasteiger partial charge in [-0.1, -0.05) is 0 Å². The molecule has 0 aliphatic carbocycles. The van der Waals surface area contributed by atoms with E-state index in [1.54, 1.807) is 19.2 Å². The zero-order valence-electron chi connectivity index (χ0n) is 23.6. The van der Waals surface area contributed by atoms with Gasteiger partial charge in [0.15, 0.2) is 11.5 Å². The molecule has 1 aromatic carbocycles. The Hall–Kier alpha value is -4.23. The molecule has 3 amide bonds. The lowest BCUT2D eigenvalue weighted by atomic mass is 10.1. The number of amides is 3. The largest absolute Gasteiger partial charge is 0.491 e. The maximum absolute atomic E-state index is 13.2. The number of hydrogen-bond acceptors (Lipinski definition) is 10. The van der Waals surface area contributed by atoms with Crippen molar-refractivity contribution in [1.82, 2.24) is 25.4 Å². The van der Waals surface area contributed by atoms with Crippen LogP contribution in [0.2, 0.25) is 0 Å². The number of methoxy groups -OCH3 is 1. The summed E-state index contributed by atoms with van der Waals surface area (Å²) in [6.07, 6.45) is 2.27. The number of carbonyl (C=O) groups is 2. The van der Waals surface area contributed by atoms with Gasteiger partial charge < -0.3 is 19.5 Å². The van der Waals surface area contributed by atoms with Crippen molar-refractivity contribution in [1.29, 1.82) is 0 Å². The fourth-order valence-electron chi connectivity index (χ4n) is 4.79. The van der Waals surface area contributed by atoms with Crippen LogP contribution in [0.15, 0.2) is 40.4 Å². The van der Waals surface area contributed by atoms with Crippen LogP contribution in [0.4, 0.5) is 16.3 Å². The van der Waals surface area contributed by atoms with E-state index in [0.717, 1.165) is 50.7 Å². The molecule has 0 atom stereocenters. The Morgan fingerprint density at radius 1 is 1.10 bits per heavy atom. The molecule has 218 valence electrons. The predicted molar refractivity (Wildman–Crippen MR) is 155 cm³/mol. The molecule has 3 N–H and O–H groups in total. The fourth-order valence-corrected chi connectivity index (χ4v) is 4.79. The normalized spacial score (nSPS) is 16.3. The predicted octanol–water partition coefficient (Wildman–Crippen LogP) is 2.21. The van der Waals surface area contributed by atoms with E-state index in [1.807, 2.05) is 30.9 Å². The molecule has 0 unspecified atom stereocenters. The third-order valence-corrected chi connectivity index (χ3v) is 6.75. The van der Waals surface area contributed by atoms with Gasteiger partial charge in [-0.05, 0) is 44.5 Å². The molecular formula is C28H36N8O5. The van der Waals surface area contributed by atoms with E-state index >= 15 is 0 Å². The second-order valence-electron chi connectivity index (χ2n) is 10.1. The lowest BCUT2D eigenvalue weighted by Crippen LogP contribution is -2.47. The topological polar surface area (TPSA) is 142 Å². The van der Waals surface area contributed by atoms with Crippen molar-refractivity contribution < 1.29 is 23.8 Å². The number of anilines is 1. The van der Waals surface area contributed by atoms with E-state index in [9.17, 15) is 9.59 Å². The van der Waals surface area contributed by atoms with Crippen molar-refractivity contribution in [3.05, 3.63) is 41.6 Å². The van der Waals surface area contributed by atoms with Gasteiger partial charge in [0.1, 0.15) is 17.3 Å². The number of benzene rings is 1. The number of aliphatic imine (C=N–C) groups is 2. The summed E-state index contributed by atoms with van der Waals surface area (Å²) >= 11 is 0. The van der Waals surface area contributed by atoms with Crippen LogP contribution in [0.3, 0.4) is 0 Å². The number of nitrogens with one attached hydrogen (secondary N) is 3. The summed E-state index contributed by atoms with van der Waals surface area (Å²) < 4.78 is 17.3. The number of amidine groups is 1. The standard InChI is InChI=1S/C28H36N8O5/c1-18(2)31-28(38)32-22-8-5-19(17-30-22)26(37)34-27-33-23-20(25-29-9-11-36(25)27)6-7-21(24(23)39-3)41-14-4-10-35-12-15-40-16-13-35/h5-8,17-18H,4,9-16H2,1-3H3,(H,33,34,37)(H2,30,31,32,38). The number of nitrogens with zero attached hydrogens (tertiary/aromatic N) is 5. The minimum Gasteiger partial charge on any atom is -0.491 e. The number of aromatic nitrogens is 1. The summed E-state index contributed by atoms with van der Waals surface area (Å²) in [4.78, 5) is 43.0. The Kier molecular flexibility index (Phi) is 8.95. The van der Waals surface area contributed by atoms with Crippen LogP contribution < -0.4 is 25.4 Å². The maximum atomic E-state index is 13.2. The molecule has 5 rings (SSSR count). The first-order chi connectivity index (χ1) is 19.9. The van der Waals surface area contributed by atoms with Crippen molar-refractivity contribution in [2.45, 2.75) is 26.3 Å². The van der Waals surface area contributed by atoms with E-state index in [1.165, 1.54) is 6.20 Å². The van der Waals surface area contributed by atoms with Crippen LogP contribution in [-0.4, -0.2) is 104 Å². The summed E-state index contributed by atoms with van der Waals surface area (Å²) in [5.41, 5.74) is 1.68. The lowest BCUT2D eigenvalue weighted by molar-refractivity contribution is 0.0357. The number of guanidine groups is 1. The van der Waals surface area contributed by atoms with E-state index < -0.39 is 5.91 Å². The average Bonchev–Trinajstić information content (AvgIpc) is 3.46. The summed E-state index contributed by atoms with van der Waals surface area (Å²) in [5, 5.41) is 8.26. The molecule has 3 aliphatic heterocycles. The van der Waals surface area contributed by atoms with Crippen LogP contribution in [0.1, 0.15) is 36.2 Å². The van der Waals surface area contributed by atoms with Crippen LogP contribution >= 0.6 is 0 Å². The van der Waals surface area contributed by atoms with Crippen LogP contribution in [-0.2, 0) is 4.74 Å². The first-order valence-electron chi connectivity index (χ1n) is 13.8. The lowest BCUT2D eigenvalue weighted by Gasteiger charge is -2.29. The van der Waals surface area contributed by atoms with Gasteiger partial charge >= 0.3 is 6.03 Å². The van der Waals surface area contributed by atoms with Crippen molar-refractivity contribution in [3.8, 4) is 11.5 Å². The fraction of sp³-hybridized carbons (Fsp3) is 0.464. The summed E-state index contributed by atoms with van der Waals surface area (Å²) in [5.74, 6) is 2.09. The molecule has 3 aliphatic rings. The Bertz CT molecular complexity index is 1320. The van der Waals surface area contributed by atoms with Crippen molar-refractivity contribution in [2.75, 3.05) is 65.0 Å². The molecule has 13 heteroatoms. The number of urea groups is 1. The van der Waals surface area contributed by atoms with Crippen LogP contribution in [0, 0.1) is 0 Å². The molecule has 13 nitrogen and oxygen atoms in total. The zero-order valence-corrected chi connectivity index (χ0v) is 23.6. The van der Waals surface area contributed by atoms with E-state index in [-0.39, 0.29) is 12.1 Å². The number of hydrogen-bond donors (Lipinski definition) is 3. The van der Waals surface area contributed by atoms with E-state index in [2.05, 4.69) is 30.8 Å². The molecule has 0 bridgehead atoms.